The van der Waals surface area contributed by atoms with E-state index in [1.807, 2.05) is 0 Å². The van der Waals surface area contributed by atoms with E-state index in [4.69, 9.17) is 0 Å². The van der Waals surface area contributed by atoms with E-state index in [1.54, 1.807) is 0 Å². The molecule has 2 aliphatic rings. The molecule has 2 aliphatic carbocycles. The first-order valence-electron chi connectivity index (χ1n) is 5.06. The summed E-state index contributed by atoms with van der Waals surface area (Å²) < 4.78 is 0. The van der Waals surface area contributed by atoms with Crippen LogP contribution >= 0.6 is 0 Å². The number of aliphatic hydroxyl groups excluding tert-OH is 1. The summed E-state index contributed by atoms with van der Waals surface area (Å²) in [6, 6.07) is 0. The van der Waals surface area contributed by atoms with Crippen molar-refractivity contribution in [2.24, 2.45) is 11.8 Å². The zero-order chi connectivity index (χ0) is 7.68. The molecule has 1 nitrogen and oxygen atoms in total. The van der Waals surface area contributed by atoms with Gasteiger partial charge in [-0.15, -0.1) is 0 Å². The van der Waals surface area contributed by atoms with E-state index < -0.39 is 0 Å². The molecule has 1 heteroatoms. The molecule has 0 unspecified atom stereocenters. The molecule has 64 valence electrons. The van der Waals surface area contributed by atoms with Crippen LogP contribution in [-0.4, -0.2) is 11.2 Å². The lowest BCUT2D eigenvalue weighted by molar-refractivity contribution is 0.0105. The summed E-state index contributed by atoms with van der Waals surface area (Å²) in [4.78, 5) is 0. The van der Waals surface area contributed by atoms with Crippen LogP contribution in [0.15, 0.2) is 0 Å². The maximum atomic E-state index is 9.70. The second kappa shape index (κ2) is 3.14. The number of hydrogen-bond acceptors (Lipinski definition) is 1. The third kappa shape index (κ3) is 1.44. The van der Waals surface area contributed by atoms with Crippen LogP contribution < -0.4 is 0 Å². The summed E-state index contributed by atoms with van der Waals surface area (Å²) in [5.41, 5.74) is 0. The fraction of sp³-hybridized carbons (Fsp3) is 1.00. The van der Waals surface area contributed by atoms with E-state index in [9.17, 15) is 5.11 Å². The Bertz CT molecular complexity index is 131. The van der Waals surface area contributed by atoms with Crippen LogP contribution in [0.2, 0.25) is 0 Å². The van der Waals surface area contributed by atoms with Crippen LogP contribution in [0.3, 0.4) is 0 Å². The molecule has 0 aromatic rings. The van der Waals surface area contributed by atoms with E-state index in [2.05, 4.69) is 0 Å². The summed E-state index contributed by atoms with van der Waals surface area (Å²) in [7, 11) is 0. The fourth-order valence-electron chi connectivity index (χ4n) is 2.90. The monoisotopic (exact) mass is 154 g/mol. The molecule has 0 aromatic heterocycles. The maximum absolute atomic E-state index is 9.70. The average Bonchev–Trinajstić information content (AvgIpc) is 2.06. The van der Waals surface area contributed by atoms with Gasteiger partial charge in [-0.25, -0.2) is 0 Å². The molecule has 2 fully saturated rings. The van der Waals surface area contributed by atoms with Crippen molar-refractivity contribution in [2.75, 3.05) is 0 Å². The van der Waals surface area contributed by atoms with Gasteiger partial charge in [0, 0.05) is 0 Å². The zero-order valence-corrected chi connectivity index (χ0v) is 7.13. The SMILES string of the molecule is O[C@H]1CCC[C@@H]2CCCC[C@H]21. The smallest absolute Gasteiger partial charge is 0.0571 e. The van der Waals surface area contributed by atoms with Gasteiger partial charge in [-0.1, -0.05) is 25.7 Å². The van der Waals surface area contributed by atoms with Gasteiger partial charge in [0.15, 0.2) is 0 Å². The van der Waals surface area contributed by atoms with Gasteiger partial charge < -0.3 is 5.11 Å². The summed E-state index contributed by atoms with van der Waals surface area (Å²) >= 11 is 0. The van der Waals surface area contributed by atoms with Gasteiger partial charge >= 0.3 is 0 Å². The Morgan fingerprint density at radius 1 is 0.818 bits per heavy atom. The number of fused-ring (bicyclic) bond motifs is 1. The number of hydrogen-bond donors (Lipinski definition) is 1. The quantitative estimate of drug-likeness (QED) is 0.568. The van der Waals surface area contributed by atoms with E-state index >= 15 is 0 Å². The largest absolute Gasteiger partial charge is 0.393 e. The average molecular weight is 154 g/mol. The van der Waals surface area contributed by atoms with Gasteiger partial charge in [0.1, 0.15) is 0 Å². The van der Waals surface area contributed by atoms with Crippen LogP contribution in [0.1, 0.15) is 44.9 Å². The van der Waals surface area contributed by atoms with Gasteiger partial charge in [-0.2, -0.15) is 0 Å². The second-order valence-electron chi connectivity index (χ2n) is 4.21. The maximum Gasteiger partial charge on any atom is 0.0571 e. The molecule has 1 N–H and O–H groups in total. The van der Waals surface area contributed by atoms with Gasteiger partial charge in [0.05, 0.1) is 6.10 Å². The minimum absolute atomic E-state index is 0.0500. The Balaban J connectivity index is 1.99. The van der Waals surface area contributed by atoms with Gasteiger partial charge in [-0.05, 0) is 31.1 Å². The van der Waals surface area contributed by atoms with Crippen molar-refractivity contribution in [3.63, 3.8) is 0 Å². The Labute approximate surface area is 68.8 Å². The zero-order valence-electron chi connectivity index (χ0n) is 7.13. The van der Waals surface area contributed by atoms with Crippen molar-refractivity contribution in [3.05, 3.63) is 0 Å². The van der Waals surface area contributed by atoms with Gasteiger partial charge in [0.2, 0.25) is 0 Å². The highest BCUT2D eigenvalue weighted by atomic mass is 16.3. The van der Waals surface area contributed by atoms with Crippen LogP contribution in [0.4, 0.5) is 0 Å². The summed E-state index contributed by atoms with van der Waals surface area (Å²) in [5.74, 6) is 1.56. The Hall–Kier alpha value is -0.0400. The first-order chi connectivity index (χ1) is 5.38. The number of rotatable bonds is 0. The topological polar surface area (TPSA) is 20.2 Å². The highest BCUT2D eigenvalue weighted by Gasteiger charge is 2.33. The van der Waals surface area contributed by atoms with Gasteiger partial charge in [0.25, 0.3) is 0 Å². The van der Waals surface area contributed by atoms with Crippen molar-refractivity contribution in [2.45, 2.75) is 51.0 Å². The summed E-state index contributed by atoms with van der Waals surface area (Å²) in [5, 5.41) is 9.70. The van der Waals surface area contributed by atoms with Crippen molar-refractivity contribution >= 4 is 0 Å². The lowest BCUT2D eigenvalue weighted by Crippen LogP contribution is -2.34. The molecular formula is C10H18O. The summed E-state index contributed by atoms with van der Waals surface area (Å²) in [6.07, 6.45) is 9.24. The Kier molecular flexibility index (Phi) is 2.17. The molecule has 0 spiro atoms. The molecule has 0 heterocycles. The molecule has 0 amide bonds. The normalized spacial score (nSPS) is 45.0. The van der Waals surface area contributed by atoms with E-state index in [0.29, 0.717) is 5.92 Å². The minimum atomic E-state index is 0.0500. The Morgan fingerprint density at radius 2 is 1.55 bits per heavy atom. The van der Waals surface area contributed by atoms with Crippen LogP contribution in [-0.2, 0) is 0 Å². The lowest BCUT2D eigenvalue weighted by Gasteiger charge is -2.38. The van der Waals surface area contributed by atoms with Crippen molar-refractivity contribution < 1.29 is 5.11 Å². The van der Waals surface area contributed by atoms with Crippen LogP contribution in [0, 0.1) is 11.8 Å². The molecule has 3 atom stereocenters. The molecule has 11 heavy (non-hydrogen) atoms. The minimum Gasteiger partial charge on any atom is -0.393 e. The van der Waals surface area contributed by atoms with Gasteiger partial charge in [-0.3, -0.25) is 0 Å². The van der Waals surface area contributed by atoms with Crippen molar-refractivity contribution in [3.8, 4) is 0 Å². The fourth-order valence-corrected chi connectivity index (χ4v) is 2.90. The predicted molar refractivity (Wildman–Crippen MR) is 45.3 cm³/mol. The standard InChI is InChI=1S/C10H18O/c11-10-7-3-5-8-4-1-2-6-9(8)10/h8-11H,1-7H2/t8-,9+,10-/m0/s1. The van der Waals surface area contributed by atoms with E-state index in [-0.39, 0.29) is 6.10 Å². The molecule has 2 saturated carbocycles. The van der Waals surface area contributed by atoms with Crippen LogP contribution in [0.25, 0.3) is 0 Å². The molecule has 0 aromatic carbocycles. The molecule has 0 aliphatic heterocycles. The molecule has 2 rings (SSSR count). The van der Waals surface area contributed by atoms with E-state index in [1.165, 1.54) is 38.5 Å². The van der Waals surface area contributed by atoms with Crippen molar-refractivity contribution in [1.82, 2.24) is 0 Å². The highest BCUT2D eigenvalue weighted by molar-refractivity contribution is 4.84. The lowest BCUT2D eigenvalue weighted by atomic mass is 9.69. The first-order valence-corrected chi connectivity index (χ1v) is 5.06. The predicted octanol–water partition coefficient (Wildman–Crippen LogP) is 2.34. The molecule has 0 saturated heterocycles. The Morgan fingerprint density at radius 3 is 2.36 bits per heavy atom. The molecule has 0 radical (unpaired) electrons. The first kappa shape index (κ1) is 7.60. The third-order valence-corrected chi connectivity index (χ3v) is 3.54. The molecular weight excluding hydrogens is 136 g/mol. The summed E-state index contributed by atoms with van der Waals surface area (Å²) in [6.45, 7) is 0. The van der Waals surface area contributed by atoms with E-state index in [0.717, 1.165) is 12.3 Å². The highest BCUT2D eigenvalue weighted by Crippen LogP contribution is 2.40. The number of aliphatic hydroxyl groups is 1. The van der Waals surface area contributed by atoms with Crippen LogP contribution in [0.5, 0.6) is 0 Å². The van der Waals surface area contributed by atoms with Crippen molar-refractivity contribution in [1.29, 1.82) is 0 Å². The second-order valence-corrected chi connectivity index (χ2v) is 4.21. The third-order valence-electron chi connectivity index (χ3n) is 3.54. The molecule has 0 bridgehead atoms.